The van der Waals surface area contributed by atoms with Crippen LogP contribution < -0.4 is 15.5 Å². The Hall–Kier alpha value is -1.53. The maximum absolute atomic E-state index is 12.2. The second kappa shape index (κ2) is 9.42. The molecule has 0 aromatic heterocycles. The van der Waals surface area contributed by atoms with E-state index >= 15 is 0 Å². The van der Waals surface area contributed by atoms with Gasteiger partial charge in [0.15, 0.2) is 0 Å². The summed E-state index contributed by atoms with van der Waals surface area (Å²) in [6.45, 7) is 5.38. The van der Waals surface area contributed by atoms with Crippen LogP contribution in [0.4, 0.5) is 5.69 Å². The predicted molar refractivity (Wildman–Crippen MR) is 106 cm³/mol. The van der Waals surface area contributed by atoms with E-state index in [1.54, 1.807) is 4.90 Å². The Morgan fingerprint density at radius 1 is 1.35 bits per heavy atom. The van der Waals surface area contributed by atoms with E-state index in [9.17, 15) is 9.59 Å². The van der Waals surface area contributed by atoms with Crippen LogP contribution in [0.1, 0.15) is 45.4 Å². The number of benzene rings is 1. The third kappa shape index (κ3) is 5.01. The van der Waals surface area contributed by atoms with Crippen LogP contribution in [0.5, 0.6) is 0 Å². The van der Waals surface area contributed by atoms with Gasteiger partial charge in [-0.3, -0.25) is 9.59 Å². The molecule has 2 heterocycles. The molecule has 3 rings (SSSR count). The molecule has 3 atom stereocenters. The lowest BCUT2D eigenvalue weighted by molar-refractivity contribution is -0.930. The van der Waals surface area contributed by atoms with E-state index < -0.39 is 0 Å². The van der Waals surface area contributed by atoms with Gasteiger partial charge in [-0.15, -0.1) is 11.8 Å². The zero-order valence-corrected chi connectivity index (χ0v) is 16.4. The van der Waals surface area contributed by atoms with Gasteiger partial charge in [0.2, 0.25) is 11.8 Å². The quantitative estimate of drug-likeness (QED) is 0.637. The fourth-order valence-corrected chi connectivity index (χ4v) is 5.09. The van der Waals surface area contributed by atoms with Crippen molar-refractivity contribution in [1.82, 2.24) is 5.32 Å². The monoisotopic (exact) mass is 376 g/mol. The van der Waals surface area contributed by atoms with Gasteiger partial charge in [-0.1, -0.05) is 19.1 Å². The van der Waals surface area contributed by atoms with E-state index in [1.165, 1.54) is 44.0 Å². The fourth-order valence-electron chi connectivity index (χ4n) is 3.98. The van der Waals surface area contributed by atoms with Crippen LogP contribution in [0.15, 0.2) is 29.2 Å². The van der Waals surface area contributed by atoms with Gasteiger partial charge in [0.25, 0.3) is 0 Å². The number of hydrogen-bond acceptors (Lipinski definition) is 3. The first-order valence-electron chi connectivity index (χ1n) is 9.85. The Kier molecular flexibility index (Phi) is 6.97. The summed E-state index contributed by atoms with van der Waals surface area (Å²) in [5.41, 5.74) is 0.842. The molecule has 3 unspecified atom stereocenters. The molecule has 1 aromatic rings. The van der Waals surface area contributed by atoms with Crippen molar-refractivity contribution in [3.05, 3.63) is 24.3 Å². The van der Waals surface area contributed by atoms with Crippen molar-refractivity contribution < 1.29 is 14.5 Å². The maximum atomic E-state index is 12.2. The van der Waals surface area contributed by atoms with Crippen molar-refractivity contribution in [1.29, 1.82) is 0 Å². The number of likely N-dealkylation sites (tertiary alicyclic amines) is 1. The summed E-state index contributed by atoms with van der Waals surface area (Å²) in [5.74, 6) is -0.106. The number of piperidine rings is 1. The SMILES string of the molecule is CCC1CCCC[NH+]1CCCNC(=O)CC1Sc2ccccc2NC1=O. The minimum absolute atomic E-state index is 0.0299. The topological polar surface area (TPSA) is 62.6 Å². The van der Waals surface area contributed by atoms with E-state index in [-0.39, 0.29) is 23.5 Å². The number of quaternary nitrogens is 1. The molecule has 0 spiro atoms. The van der Waals surface area contributed by atoms with Gasteiger partial charge in [0.05, 0.1) is 30.1 Å². The number of fused-ring (bicyclic) bond motifs is 1. The number of hydrogen-bond donors (Lipinski definition) is 3. The molecule has 5 nitrogen and oxygen atoms in total. The number of carbonyl (C=O) groups excluding carboxylic acids is 2. The summed E-state index contributed by atoms with van der Waals surface area (Å²) in [4.78, 5) is 27.1. The molecule has 2 aliphatic heterocycles. The smallest absolute Gasteiger partial charge is 0.238 e. The van der Waals surface area contributed by atoms with Crippen molar-refractivity contribution in [2.24, 2.45) is 0 Å². The number of thioether (sulfide) groups is 1. The highest BCUT2D eigenvalue weighted by Crippen LogP contribution is 2.36. The molecule has 1 aromatic carbocycles. The van der Waals surface area contributed by atoms with Gasteiger partial charge in [0, 0.05) is 24.3 Å². The minimum atomic E-state index is -0.345. The van der Waals surface area contributed by atoms with Crippen LogP contribution in [0.3, 0.4) is 0 Å². The highest BCUT2D eigenvalue weighted by molar-refractivity contribution is 8.01. The third-order valence-electron chi connectivity index (χ3n) is 5.44. The zero-order valence-electron chi connectivity index (χ0n) is 15.6. The first-order valence-corrected chi connectivity index (χ1v) is 10.7. The first kappa shape index (κ1) is 19.2. The van der Waals surface area contributed by atoms with Crippen LogP contribution >= 0.6 is 11.8 Å². The van der Waals surface area contributed by atoms with Gasteiger partial charge in [-0.2, -0.15) is 0 Å². The number of nitrogens with one attached hydrogen (secondary N) is 3. The van der Waals surface area contributed by atoms with Crippen LogP contribution in [0.2, 0.25) is 0 Å². The Bertz CT molecular complexity index is 637. The van der Waals surface area contributed by atoms with E-state index in [0.29, 0.717) is 6.54 Å². The molecule has 0 saturated carbocycles. The van der Waals surface area contributed by atoms with Crippen molar-refractivity contribution in [2.75, 3.05) is 25.0 Å². The van der Waals surface area contributed by atoms with E-state index in [2.05, 4.69) is 17.6 Å². The largest absolute Gasteiger partial charge is 0.356 e. The molecule has 2 aliphatic rings. The number of para-hydroxylation sites is 1. The molecule has 2 amide bonds. The first-order chi connectivity index (χ1) is 12.7. The summed E-state index contributed by atoms with van der Waals surface area (Å²) in [6.07, 6.45) is 6.52. The standard InChI is InChI=1S/C20H29N3O2S/c1-2-15-8-5-6-12-23(15)13-7-11-21-19(24)14-18-20(25)22-16-9-3-4-10-17(16)26-18/h3-4,9-10,15,18H,2,5-8,11-14H2,1H3,(H,21,24)(H,22,25)/p+1. The van der Waals surface area contributed by atoms with Gasteiger partial charge < -0.3 is 15.5 Å². The second-order valence-electron chi connectivity index (χ2n) is 7.26. The predicted octanol–water partition coefficient (Wildman–Crippen LogP) is 1.84. The van der Waals surface area contributed by atoms with Gasteiger partial charge in [0.1, 0.15) is 0 Å². The summed E-state index contributed by atoms with van der Waals surface area (Å²) in [6, 6.07) is 8.52. The van der Waals surface area contributed by atoms with Crippen molar-refractivity contribution >= 4 is 29.3 Å². The normalized spacial score (nSPS) is 25.3. The van der Waals surface area contributed by atoms with Gasteiger partial charge in [-0.25, -0.2) is 0 Å². The number of anilines is 1. The Balaban J connectivity index is 1.38. The van der Waals surface area contributed by atoms with Crippen molar-refractivity contribution in [2.45, 2.75) is 61.6 Å². The molecule has 1 saturated heterocycles. The molecule has 26 heavy (non-hydrogen) atoms. The average Bonchev–Trinajstić information content (AvgIpc) is 2.66. The Labute approximate surface area is 160 Å². The summed E-state index contributed by atoms with van der Waals surface area (Å²) in [7, 11) is 0. The Morgan fingerprint density at radius 3 is 3.04 bits per heavy atom. The molecule has 0 aliphatic carbocycles. The van der Waals surface area contributed by atoms with E-state index in [1.807, 2.05) is 24.3 Å². The lowest BCUT2D eigenvalue weighted by Gasteiger charge is -2.32. The van der Waals surface area contributed by atoms with E-state index in [4.69, 9.17) is 0 Å². The second-order valence-corrected chi connectivity index (χ2v) is 8.50. The number of amides is 2. The highest BCUT2D eigenvalue weighted by Gasteiger charge is 2.29. The molecule has 1 fully saturated rings. The van der Waals surface area contributed by atoms with Crippen LogP contribution in [0.25, 0.3) is 0 Å². The van der Waals surface area contributed by atoms with Crippen LogP contribution in [-0.2, 0) is 9.59 Å². The minimum Gasteiger partial charge on any atom is -0.356 e. The molecule has 3 N–H and O–H groups in total. The number of carbonyl (C=O) groups is 2. The lowest BCUT2D eigenvalue weighted by Crippen LogP contribution is -3.16. The molecular weight excluding hydrogens is 346 g/mol. The molecular formula is C20H30N3O2S+. The fraction of sp³-hybridized carbons (Fsp3) is 0.600. The van der Waals surface area contributed by atoms with Gasteiger partial charge >= 0.3 is 0 Å². The maximum Gasteiger partial charge on any atom is 0.238 e. The average molecular weight is 377 g/mol. The molecule has 6 heteroatoms. The lowest BCUT2D eigenvalue weighted by atomic mass is 10.00. The van der Waals surface area contributed by atoms with Crippen molar-refractivity contribution in [3.63, 3.8) is 0 Å². The van der Waals surface area contributed by atoms with E-state index in [0.717, 1.165) is 29.6 Å². The highest BCUT2D eigenvalue weighted by atomic mass is 32.2. The summed E-state index contributed by atoms with van der Waals surface area (Å²) < 4.78 is 0. The zero-order chi connectivity index (χ0) is 18.4. The van der Waals surface area contributed by atoms with Crippen LogP contribution in [0, 0.1) is 0 Å². The third-order valence-corrected chi connectivity index (χ3v) is 6.72. The molecule has 0 radical (unpaired) electrons. The van der Waals surface area contributed by atoms with Gasteiger partial charge in [-0.05, 0) is 37.8 Å². The van der Waals surface area contributed by atoms with Crippen molar-refractivity contribution in [3.8, 4) is 0 Å². The molecule has 142 valence electrons. The summed E-state index contributed by atoms with van der Waals surface area (Å²) in [5, 5.41) is 5.55. The number of rotatable bonds is 7. The Morgan fingerprint density at radius 2 is 2.19 bits per heavy atom. The summed E-state index contributed by atoms with van der Waals surface area (Å²) >= 11 is 1.48. The molecule has 0 bridgehead atoms. The van der Waals surface area contributed by atoms with Crippen LogP contribution in [-0.4, -0.2) is 42.7 Å².